The van der Waals surface area contributed by atoms with E-state index in [-0.39, 0.29) is 5.69 Å². The molecule has 1 atom stereocenters. The highest BCUT2D eigenvalue weighted by atomic mass is 32.1. The van der Waals surface area contributed by atoms with Crippen LogP contribution in [0, 0.1) is 0 Å². The number of para-hydroxylation sites is 2. The number of carbonyl (C=O) groups excluding carboxylic acids is 2. The third-order valence-electron chi connectivity index (χ3n) is 4.34. The van der Waals surface area contributed by atoms with Crippen LogP contribution in [0.15, 0.2) is 53.9 Å². The van der Waals surface area contributed by atoms with Crippen molar-refractivity contribution < 1.29 is 19.1 Å². The van der Waals surface area contributed by atoms with E-state index >= 15 is 0 Å². The number of rotatable bonds is 7. The number of aromatic nitrogens is 1. The molecule has 1 heterocycles. The summed E-state index contributed by atoms with van der Waals surface area (Å²) in [5, 5.41) is 5.06. The lowest BCUT2D eigenvalue weighted by Gasteiger charge is -2.14. The molecule has 3 rings (SSSR count). The first kappa shape index (κ1) is 20.5. The predicted octanol–water partition coefficient (Wildman–Crippen LogP) is 4.57. The van der Waals surface area contributed by atoms with Gasteiger partial charge in [0.1, 0.15) is 10.8 Å². The molecule has 0 saturated carbocycles. The Hall–Kier alpha value is -3.19. The number of carbonyl (C=O) groups is 2. The molecule has 2 aromatic carbocycles. The first-order chi connectivity index (χ1) is 14.0. The molecule has 6 nitrogen and oxygen atoms in total. The molecule has 0 aliphatic rings. The number of benzene rings is 2. The van der Waals surface area contributed by atoms with Crippen molar-refractivity contribution in [2.24, 2.45) is 0 Å². The summed E-state index contributed by atoms with van der Waals surface area (Å²) in [6.45, 7) is 3.61. The van der Waals surface area contributed by atoms with E-state index in [9.17, 15) is 9.59 Å². The van der Waals surface area contributed by atoms with Crippen molar-refractivity contribution in [3.63, 3.8) is 0 Å². The van der Waals surface area contributed by atoms with Crippen molar-refractivity contribution in [2.75, 3.05) is 12.4 Å². The maximum absolute atomic E-state index is 12.4. The summed E-state index contributed by atoms with van der Waals surface area (Å²) in [6, 6.07) is 15.1. The van der Waals surface area contributed by atoms with E-state index in [1.807, 2.05) is 24.3 Å². The van der Waals surface area contributed by atoms with Crippen LogP contribution in [0.1, 0.15) is 29.9 Å². The minimum absolute atomic E-state index is 0.182. The summed E-state index contributed by atoms with van der Waals surface area (Å²) in [7, 11) is 1.52. The average Bonchev–Trinajstić information content (AvgIpc) is 3.24. The number of amides is 1. The Morgan fingerprint density at radius 2 is 1.86 bits per heavy atom. The second-order valence-corrected chi connectivity index (χ2v) is 7.18. The number of hydrogen-bond acceptors (Lipinski definition) is 6. The zero-order valence-corrected chi connectivity index (χ0v) is 17.3. The van der Waals surface area contributed by atoms with Gasteiger partial charge in [0, 0.05) is 10.9 Å². The Labute approximate surface area is 173 Å². The normalized spacial score (nSPS) is 11.6. The number of nitrogens with zero attached hydrogens (tertiary/aromatic N) is 1. The number of aryl methyl sites for hydroxylation is 1. The Kier molecular flexibility index (Phi) is 6.61. The van der Waals surface area contributed by atoms with Crippen molar-refractivity contribution in [3.8, 4) is 16.3 Å². The molecular weight excluding hydrogens is 388 g/mol. The van der Waals surface area contributed by atoms with Crippen molar-refractivity contribution in [1.29, 1.82) is 0 Å². The Morgan fingerprint density at radius 1 is 1.14 bits per heavy atom. The molecule has 0 unspecified atom stereocenters. The highest BCUT2D eigenvalue weighted by Crippen LogP contribution is 2.25. The van der Waals surface area contributed by atoms with E-state index in [4.69, 9.17) is 9.47 Å². The van der Waals surface area contributed by atoms with Gasteiger partial charge < -0.3 is 14.8 Å². The molecule has 0 bridgehead atoms. The molecule has 1 N–H and O–H groups in total. The molecule has 0 aliphatic heterocycles. The van der Waals surface area contributed by atoms with Gasteiger partial charge in [0.15, 0.2) is 11.8 Å². The fourth-order valence-electron chi connectivity index (χ4n) is 2.64. The third kappa shape index (κ3) is 5.00. The summed E-state index contributed by atoms with van der Waals surface area (Å²) in [5.41, 5.74) is 2.86. The minimum atomic E-state index is -0.985. The number of esters is 1. The van der Waals surface area contributed by atoms with Gasteiger partial charge in [-0.15, -0.1) is 11.3 Å². The number of thiazole rings is 1. The second-order valence-electron chi connectivity index (χ2n) is 6.33. The quantitative estimate of drug-likeness (QED) is 0.578. The van der Waals surface area contributed by atoms with Crippen LogP contribution in [0.5, 0.6) is 5.75 Å². The average molecular weight is 410 g/mol. The van der Waals surface area contributed by atoms with Crippen LogP contribution < -0.4 is 10.1 Å². The van der Waals surface area contributed by atoms with Crippen LogP contribution in [-0.2, 0) is 16.0 Å². The first-order valence-corrected chi connectivity index (χ1v) is 10.1. The molecule has 0 aliphatic carbocycles. The lowest BCUT2D eigenvalue weighted by molar-refractivity contribution is -0.123. The van der Waals surface area contributed by atoms with Gasteiger partial charge in [-0.3, -0.25) is 4.79 Å². The maximum atomic E-state index is 12.4. The van der Waals surface area contributed by atoms with E-state index in [1.165, 1.54) is 30.9 Å². The first-order valence-electron chi connectivity index (χ1n) is 9.21. The summed E-state index contributed by atoms with van der Waals surface area (Å²) in [5.74, 6) is -0.563. The van der Waals surface area contributed by atoms with Gasteiger partial charge in [0.2, 0.25) is 0 Å². The highest BCUT2D eigenvalue weighted by molar-refractivity contribution is 7.13. The van der Waals surface area contributed by atoms with Gasteiger partial charge in [-0.25, -0.2) is 9.78 Å². The second kappa shape index (κ2) is 9.34. The fourth-order valence-corrected chi connectivity index (χ4v) is 3.44. The van der Waals surface area contributed by atoms with Crippen LogP contribution in [0.2, 0.25) is 0 Å². The maximum Gasteiger partial charge on any atom is 0.358 e. The molecule has 0 fully saturated rings. The van der Waals surface area contributed by atoms with E-state index in [0.717, 1.165) is 17.0 Å². The number of hydrogen-bond donors (Lipinski definition) is 1. The van der Waals surface area contributed by atoms with E-state index in [2.05, 4.69) is 17.2 Å². The van der Waals surface area contributed by atoms with E-state index in [0.29, 0.717) is 11.4 Å². The molecule has 1 aromatic heterocycles. The zero-order chi connectivity index (χ0) is 20.8. The van der Waals surface area contributed by atoms with E-state index < -0.39 is 18.0 Å². The number of ether oxygens (including phenoxy) is 2. The zero-order valence-electron chi connectivity index (χ0n) is 16.5. The van der Waals surface area contributed by atoms with Crippen molar-refractivity contribution >= 4 is 28.9 Å². The predicted molar refractivity (Wildman–Crippen MR) is 113 cm³/mol. The SMILES string of the molecule is CCc1ccc(-c2nc(C(=O)O[C@@H](C)C(=O)Nc3ccccc3OC)cs2)cc1. The van der Waals surface area contributed by atoms with Gasteiger partial charge in [0.25, 0.3) is 5.91 Å². The molecule has 3 aromatic rings. The Bertz CT molecular complexity index is 998. The van der Waals surface area contributed by atoms with Crippen LogP contribution in [0.3, 0.4) is 0 Å². The standard InChI is InChI=1S/C22H22N2O4S/c1-4-15-9-11-16(12-10-15)21-24-18(13-29-21)22(26)28-14(2)20(25)23-17-7-5-6-8-19(17)27-3/h5-14H,4H2,1-3H3,(H,23,25)/t14-/m0/s1. The smallest absolute Gasteiger partial charge is 0.358 e. The molecule has 7 heteroatoms. The van der Waals surface area contributed by atoms with Gasteiger partial charge in [0.05, 0.1) is 12.8 Å². The van der Waals surface area contributed by atoms with Gasteiger partial charge in [-0.2, -0.15) is 0 Å². The van der Waals surface area contributed by atoms with Gasteiger partial charge >= 0.3 is 5.97 Å². The molecule has 1 amide bonds. The fraction of sp³-hybridized carbons (Fsp3) is 0.227. The van der Waals surface area contributed by atoms with E-state index in [1.54, 1.807) is 29.6 Å². The van der Waals surface area contributed by atoms with Gasteiger partial charge in [-0.1, -0.05) is 43.3 Å². The van der Waals surface area contributed by atoms with Crippen LogP contribution >= 0.6 is 11.3 Å². The molecular formula is C22H22N2O4S. The highest BCUT2D eigenvalue weighted by Gasteiger charge is 2.22. The van der Waals surface area contributed by atoms with Crippen molar-refractivity contribution in [2.45, 2.75) is 26.4 Å². The van der Waals surface area contributed by atoms with Gasteiger partial charge in [-0.05, 0) is 31.0 Å². The van der Waals surface area contributed by atoms with Crippen LogP contribution in [0.4, 0.5) is 5.69 Å². The third-order valence-corrected chi connectivity index (χ3v) is 5.23. The monoisotopic (exact) mass is 410 g/mol. The molecule has 0 radical (unpaired) electrons. The molecule has 0 saturated heterocycles. The number of methoxy groups -OCH3 is 1. The summed E-state index contributed by atoms with van der Waals surface area (Å²) in [6.07, 6.45) is -0.0220. The molecule has 0 spiro atoms. The lowest BCUT2D eigenvalue weighted by atomic mass is 10.1. The summed E-state index contributed by atoms with van der Waals surface area (Å²) in [4.78, 5) is 29.1. The number of anilines is 1. The molecule has 150 valence electrons. The van der Waals surface area contributed by atoms with Crippen molar-refractivity contribution in [3.05, 3.63) is 65.2 Å². The van der Waals surface area contributed by atoms with Crippen LogP contribution in [0.25, 0.3) is 10.6 Å². The minimum Gasteiger partial charge on any atom is -0.495 e. The molecule has 29 heavy (non-hydrogen) atoms. The Morgan fingerprint density at radius 3 is 2.55 bits per heavy atom. The summed E-state index contributed by atoms with van der Waals surface area (Å²) >= 11 is 1.36. The largest absolute Gasteiger partial charge is 0.495 e. The lowest BCUT2D eigenvalue weighted by Crippen LogP contribution is -2.30. The van der Waals surface area contributed by atoms with Crippen LogP contribution in [-0.4, -0.2) is 30.1 Å². The Balaban J connectivity index is 1.63. The van der Waals surface area contributed by atoms with Crippen molar-refractivity contribution in [1.82, 2.24) is 4.98 Å². The summed E-state index contributed by atoms with van der Waals surface area (Å²) < 4.78 is 10.5. The topological polar surface area (TPSA) is 77.5 Å². The number of nitrogens with one attached hydrogen (secondary N) is 1.